The highest BCUT2D eigenvalue weighted by atomic mass is 16.3. The third kappa shape index (κ3) is 1.99. The Balaban J connectivity index is 2.45. The van der Waals surface area contributed by atoms with Crippen molar-refractivity contribution >= 4 is 0 Å². The fraction of sp³-hybridized carbons (Fsp3) is 1.00. The van der Waals surface area contributed by atoms with Crippen LogP contribution in [0.15, 0.2) is 0 Å². The topological polar surface area (TPSA) is 23.5 Å². The Morgan fingerprint density at radius 2 is 2.17 bits per heavy atom. The Morgan fingerprint density at radius 3 is 2.58 bits per heavy atom. The van der Waals surface area contributed by atoms with Crippen molar-refractivity contribution in [1.82, 2.24) is 4.90 Å². The van der Waals surface area contributed by atoms with Gasteiger partial charge in [0.05, 0.1) is 6.10 Å². The van der Waals surface area contributed by atoms with Crippen LogP contribution in [0.4, 0.5) is 0 Å². The van der Waals surface area contributed by atoms with Crippen LogP contribution >= 0.6 is 0 Å². The van der Waals surface area contributed by atoms with Crippen molar-refractivity contribution < 1.29 is 5.11 Å². The molecule has 12 heavy (non-hydrogen) atoms. The normalized spacial score (nSPS) is 32.8. The molecule has 0 saturated heterocycles. The lowest BCUT2D eigenvalue weighted by molar-refractivity contribution is 0.0647. The monoisotopic (exact) mass is 171 g/mol. The number of aliphatic hydroxyl groups excluding tert-OH is 1. The van der Waals surface area contributed by atoms with E-state index >= 15 is 0 Å². The standard InChI is InChI=1S/C10H21NO/c1-4-8(2)11(3)9-6-5-7-10(9)12/h8-10,12H,4-7H2,1-3H3/t8?,9-,10-/m0/s1. The van der Waals surface area contributed by atoms with Gasteiger partial charge in [-0.1, -0.05) is 6.92 Å². The van der Waals surface area contributed by atoms with Crippen molar-refractivity contribution in [1.29, 1.82) is 0 Å². The molecule has 3 atom stereocenters. The van der Waals surface area contributed by atoms with E-state index in [2.05, 4.69) is 25.8 Å². The van der Waals surface area contributed by atoms with E-state index in [1.54, 1.807) is 0 Å². The molecule has 0 spiro atoms. The second-order valence-electron chi connectivity index (χ2n) is 3.99. The van der Waals surface area contributed by atoms with E-state index in [-0.39, 0.29) is 6.10 Å². The molecule has 0 amide bonds. The predicted octanol–water partition coefficient (Wildman–Crippen LogP) is 1.63. The molecule has 1 saturated carbocycles. The largest absolute Gasteiger partial charge is 0.391 e. The molecule has 2 nitrogen and oxygen atoms in total. The minimum absolute atomic E-state index is 0.0796. The van der Waals surface area contributed by atoms with Crippen molar-refractivity contribution in [2.24, 2.45) is 0 Å². The number of nitrogens with zero attached hydrogens (tertiary/aromatic N) is 1. The SMILES string of the molecule is CCC(C)N(C)[C@H]1CCC[C@@H]1O. The second-order valence-corrected chi connectivity index (χ2v) is 3.99. The third-order valence-electron chi connectivity index (χ3n) is 3.25. The lowest BCUT2D eigenvalue weighted by atomic mass is 10.1. The summed E-state index contributed by atoms with van der Waals surface area (Å²) in [5, 5.41) is 9.66. The van der Waals surface area contributed by atoms with E-state index in [0.29, 0.717) is 12.1 Å². The zero-order valence-corrected chi connectivity index (χ0v) is 8.45. The average Bonchev–Trinajstić information content (AvgIpc) is 2.48. The highest BCUT2D eigenvalue weighted by Crippen LogP contribution is 2.24. The zero-order chi connectivity index (χ0) is 9.14. The summed E-state index contributed by atoms with van der Waals surface area (Å²) in [5.41, 5.74) is 0. The summed E-state index contributed by atoms with van der Waals surface area (Å²) >= 11 is 0. The van der Waals surface area contributed by atoms with Gasteiger partial charge in [0.15, 0.2) is 0 Å². The maximum absolute atomic E-state index is 9.66. The number of aliphatic hydroxyl groups is 1. The van der Waals surface area contributed by atoms with Gasteiger partial charge in [0, 0.05) is 12.1 Å². The van der Waals surface area contributed by atoms with Gasteiger partial charge in [0.25, 0.3) is 0 Å². The smallest absolute Gasteiger partial charge is 0.0695 e. The van der Waals surface area contributed by atoms with Crippen LogP contribution in [0.5, 0.6) is 0 Å². The minimum Gasteiger partial charge on any atom is -0.391 e. The van der Waals surface area contributed by atoms with Gasteiger partial charge in [-0.15, -0.1) is 0 Å². The van der Waals surface area contributed by atoms with Crippen LogP contribution in [-0.2, 0) is 0 Å². The molecule has 2 heteroatoms. The molecule has 1 aliphatic rings. The zero-order valence-electron chi connectivity index (χ0n) is 8.45. The highest BCUT2D eigenvalue weighted by Gasteiger charge is 2.30. The quantitative estimate of drug-likeness (QED) is 0.697. The summed E-state index contributed by atoms with van der Waals surface area (Å²) in [5.74, 6) is 0. The van der Waals surface area contributed by atoms with E-state index in [1.165, 1.54) is 19.3 Å². The fourth-order valence-electron chi connectivity index (χ4n) is 2.01. The van der Waals surface area contributed by atoms with Crippen molar-refractivity contribution in [3.63, 3.8) is 0 Å². The van der Waals surface area contributed by atoms with Crippen LogP contribution in [0.2, 0.25) is 0 Å². The molecule has 1 rings (SSSR count). The molecule has 72 valence electrons. The Hall–Kier alpha value is -0.0800. The molecule has 0 bridgehead atoms. The van der Waals surface area contributed by atoms with Gasteiger partial charge in [-0.05, 0) is 39.7 Å². The van der Waals surface area contributed by atoms with Gasteiger partial charge in [-0.25, -0.2) is 0 Å². The Morgan fingerprint density at radius 1 is 1.50 bits per heavy atom. The van der Waals surface area contributed by atoms with Crippen LogP contribution < -0.4 is 0 Å². The van der Waals surface area contributed by atoms with E-state index in [4.69, 9.17) is 0 Å². The highest BCUT2D eigenvalue weighted by molar-refractivity contribution is 4.85. The molecule has 0 heterocycles. The molecule has 0 radical (unpaired) electrons. The summed E-state index contributed by atoms with van der Waals surface area (Å²) in [7, 11) is 2.13. The summed E-state index contributed by atoms with van der Waals surface area (Å²) in [6.07, 6.45) is 4.43. The summed E-state index contributed by atoms with van der Waals surface area (Å²) in [6, 6.07) is 1.02. The molecule has 1 aliphatic carbocycles. The first-order chi connectivity index (χ1) is 5.66. The van der Waals surface area contributed by atoms with Crippen molar-refractivity contribution in [2.75, 3.05) is 7.05 Å². The van der Waals surface area contributed by atoms with Gasteiger partial charge < -0.3 is 5.11 Å². The number of hydrogen-bond acceptors (Lipinski definition) is 2. The maximum atomic E-state index is 9.66. The van der Waals surface area contributed by atoms with Crippen molar-refractivity contribution in [2.45, 2.75) is 57.7 Å². The summed E-state index contributed by atoms with van der Waals surface area (Å²) in [4.78, 5) is 2.33. The molecule has 1 N–H and O–H groups in total. The number of likely N-dealkylation sites (N-methyl/N-ethyl adjacent to an activating group) is 1. The Kier molecular flexibility index (Phi) is 3.53. The lowest BCUT2D eigenvalue weighted by Gasteiger charge is -2.31. The molecular weight excluding hydrogens is 150 g/mol. The Labute approximate surface area is 75.6 Å². The third-order valence-corrected chi connectivity index (χ3v) is 3.25. The molecule has 0 aromatic carbocycles. The van der Waals surface area contributed by atoms with Crippen LogP contribution in [0.3, 0.4) is 0 Å². The first-order valence-corrected chi connectivity index (χ1v) is 5.06. The molecule has 1 unspecified atom stereocenters. The van der Waals surface area contributed by atoms with E-state index < -0.39 is 0 Å². The van der Waals surface area contributed by atoms with Crippen LogP contribution in [0.1, 0.15) is 39.5 Å². The first kappa shape index (κ1) is 10.0. The Bertz CT molecular complexity index is 138. The molecule has 0 aromatic heterocycles. The second kappa shape index (κ2) is 4.24. The van der Waals surface area contributed by atoms with E-state index in [0.717, 1.165) is 6.42 Å². The predicted molar refractivity (Wildman–Crippen MR) is 51.2 cm³/mol. The molecule has 0 aromatic rings. The molecule has 0 aliphatic heterocycles. The van der Waals surface area contributed by atoms with Gasteiger partial charge in [-0.2, -0.15) is 0 Å². The van der Waals surface area contributed by atoms with Gasteiger partial charge in [-0.3, -0.25) is 4.90 Å². The maximum Gasteiger partial charge on any atom is 0.0695 e. The number of rotatable bonds is 3. The van der Waals surface area contributed by atoms with Crippen molar-refractivity contribution in [3.05, 3.63) is 0 Å². The lowest BCUT2D eigenvalue weighted by Crippen LogP contribution is -2.42. The van der Waals surface area contributed by atoms with Crippen molar-refractivity contribution in [3.8, 4) is 0 Å². The molecular formula is C10H21NO. The van der Waals surface area contributed by atoms with Crippen LogP contribution in [0.25, 0.3) is 0 Å². The average molecular weight is 171 g/mol. The van der Waals surface area contributed by atoms with Gasteiger partial charge in [0.1, 0.15) is 0 Å². The van der Waals surface area contributed by atoms with Crippen LogP contribution in [-0.4, -0.2) is 35.2 Å². The van der Waals surface area contributed by atoms with Gasteiger partial charge >= 0.3 is 0 Å². The first-order valence-electron chi connectivity index (χ1n) is 5.06. The molecule has 1 fully saturated rings. The summed E-state index contributed by atoms with van der Waals surface area (Å²) < 4.78 is 0. The van der Waals surface area contributed by atoms with Crippen LogP contribution in [0, 0.1) is 0 Å². The fourth-order valence-corrected chi connectivity index (χ4v) is 2.01. The van der Waals surface area contributed by atoms with E-state index in [9.17, 15) is 5.11 Å². The van der Waals surface area contributed by atoms with Gasteiger partial charge in [0.2, 0.25) is 0 Å². The summed E-state index contributed by atoms with van der Waals surface area (Å²) in [6.45, 7) is 4.42. The van der Waals surface area contributed by atoms with E-state index in [1.807, 2.05) is 0 Å². The number of hydrogen-bond donors (Lipinski definition) is 1. The minimum atomic E-state index is -0.0796.